The predicted molar refractivity (Wildman–Crippen MR) is 86.5 cm³/mol. The third-order valence-corrected chi connectivity index (χ3v) is 4.58. The van der Waals surface area contributed by atoms with Gasteiger partial charge in [0.1, 0.15) is 6.10 Å². The number of anilines is 1. The molecule has 1 aliphatic carbocycles. The molecule has 0 unspecified atom stereocenters. The van der Waals surface area contributed by atoms with Gasteiger partial charge in [-0.25, -0.2) is 4.79 Å². The van der Waals surface area contributed by atoms with Crippen molar-refractivity contribution in [3.63, 3.8) is 0 Å². The summed E-state index contributed by atoms with van der Waals surface area (Å²) in [5.74, 6) is 0.735. The number of ether oxygens (including phenoxy) is 1. The second-order valence-electron chi connectivity index (χ2n) is 7.12. The number of hydrogen-bond acceptors (Lipinski definition) is 2. The minimum atomic E-state index is -0.250. The van der Waals surface area contributed by atoms with E-state index in [1.54, 1.807) is 11.9 Å². The van der Waals surface area contributed by atoms with Crippen LogP contribution in [0.15, 0.2) is 30.3 Å². The number of carbonyl (C=O) groups excluding carboxylic acids is 1. The molecule has 0 spiro atoms. The molecule has 1 saturated carbocycles. The zero-order valence-electron chi connectivity index (χ0n) is 13.6. The van der Waals surface area contributed by atoms with Crippen LogP contribution in [0.5, 0.6) is 0 Å². The Hall–Kier alpha value is -1.51. The molecule has 3 nitrogen and oxygen atoms in total. The third kappa shape index (κ3) is 4.23. The largest absolute Gasteiger partial charge is 0.446 e. The van der Waals surface area contributed by atoms with Crippen molar-refractivity contribution < 1.29 is 9.53 Å². The summed E-state index contributed by atoms with van der Waals surface area (Å²) in [6, 6.07) is 9.62. The first-order chi connectivity index (χ1) is 9.88. The number of benzene rings is 1. The van der Waals surface area contributed by atoms with Gasteiger partial charge in [0.15, 0.2) is 0 Å². The van der Waals surface area contributed by atoms with Crippen molar-refractivity contribution in [2.45, 2.75) is 52.6 Å². The van der Waals surface area contributed by atoms with Gasteiger partial charge in [0.25, 0.3) is 0 Å². The van der Waals surface area contributed by atoms with Gasteiger partial charge in [-0.15, -0.1) is 0 Å². The Kier molecular flexibility index (Phi) is 4.92. The minimum Gasteiger partial charge on any atom is -0.446 e. The summed E-state index contributed by atoms with van der Waals surface area (Å²) in [5.41, 5.74) is 1.22. The van der Waals surface area contributed by atoms with Crippen molar-refractivity contribution in [1.82, 2.24) is 0 Å². The second kappa shape index (κ2) is 6.50. The van der Waals surface area contributed by atoms with Gasteiger partial charge in [-0.05, 0) is 49.1 Å². The lowest BCUT2D eigenvalue weighted by Gasteiger charge is -2.37. The van der Waals surface area contributed by atoms with E-state index in [1.807, 2.05) is 30.3 Å². The van der Waals surface area contributed by atoms with Gasteiger partial charge >= 0.3 is 6.09 Å². The molecule has 0 bridgehead atoms. The van der Waals surface area contributed by atoms with Gasteiger partial charge in [-0.1, -0.05) is 39.0 Å². The van der Waals surface area contributed by atoms with Gasteiger partial charge < -0.3 is 4.74 Å². The number of nitrogens with zero attached hydrogens (tertiary/aromatic N) is 1. The average molecular weight is 289 g/mol. The quantitative estimate of drug-likeness (QED) is 0.777. The van der Waals surface area contributed by atoms with E-state index in [9.17, 15) is 4.79 Å². The minimum absolute atomic E-state index is 0.0715. The molecule has 0 radical (unpaired) electrons. The van der Waals surface area contributed by atoms with E-state index in [-0.39, 0.29) is 12.2 Å². The van der Waals surface area contributed by atoms with E-state index in [4.69, 9.17) is 4.74 Å². The van der Waals surface area contributed by atoms with Crippen LogP contribution in [0, 0.1) is 11.3 Å². The summed E-state index contributed by atoms with van der Waals surface area (Å²) in [6.45, 7) is 6.90. The van der Waals surface area contributed by atoms with Crippen molar-refractivity contribution in [3.8, 4) is 0 Å². The number of hydrogen-bond donors (Lipinski definition) is 0. The van der Waals surface area contributed by atoms with Gasteiger partial charge in [0, 0.05) is 12.7 Å². The predicted octanol–water partition coefficient (Wildman–Crippen LogP) is 4.86. The van der Waals surface area contributed by atoms with Gasteiger partial charge in [0.2, 0.25) is 0 Å². The molecule has 1 aromatic carbocycles. The SMILES string of the molecule is CN(C(=O)OC1CCC(C(C)(C)C)CC1)c1ccccc1. The first-order valence-electron chi connectivity index (χ1n) is 7.87. The van der Waals surface area contributed by atoms with Crippen molar-refractivity contribution >= 4 is 11.8 Å². The fraction of sp³-hybridized carbons (Fsp3) is 0.611. The highest BCUT2D eigenvalue weighted by Crippen LogP contribution is 2.38. The molecular weight excluding hydrogens is 262 g/mol. The lowest BCUT2D eigenvalue weighted by molar-refractivity contribution is 0.0497. The Balaban J connectivity index is 1.85. The van der Waals surface area contributed by atoms with Crippen LogP contribution in [0.3, 0.4) is 0 Å². The Bertz CT molecular complexity index is 456. The van der Waals surface area contributed by atoms with Gasteiger partial charge in [0.05, 0.1) is 0 Å². The maximum absolute atomic E-state index is 12.2. The molecule has 1 aromatic rings. The highest BCUT2D eigenvalue weighted by Gasteiger charge is 2.31. The van der Waals surface area contributed by atoms with Crippen LogP contribution in [0.1, 0.15) is 46.5 Å². The van der Waals surface area contributed by atoms with Crippen molar-refractivity contribution in [3.05, 3.63) is 30.3 Å². The van der Waals surface area contributed by atoms with Crippen LogP contribution >= 0.6 is 0 Å². The topological polar surface area (TPSA) is 29.5 Å². The lowest BCUT2D eigenvalue weighted by Crippen LogP contribution is -2.34. The molecule has 2 rings (SSSR count). The highest BCUT2D eigenvalue weighted by atomic mass is 16.6. The molecule has 0 atom stereocenters. The molecule has 3 heteroatoms. The fourth-order valence-electron chi connectivity index (χ4n) is 3.03. The number of para-hydroxylation sites is 1. The number of rotatable bonds is 2. The standard InChI is InChI=1S/C18H27NO2/c1-18(2,3)14-10-12-16(13-11-14)21-17(20)19(4)15-8-6-5-7-9-15/h5-9,14,16H,10-13H2,1-4H3. The summed E-state index contributed by atoms with van der Waals surface area (Å²) in [7, 11) is 1.76. The van der Waals surface area contributed by atoms with Crippen LogP contribution in [0.2, 0.25) is 0 Å². The van der Waals surface area contributed by atoms with Crippen molar-refractivity contribution in [1.29, 1.82) is 0 Å². The second-order valence-corrected chi connectivity index (χ2v) is 7.12. The van der Waals surface area contributed by atoms with Crippen LogP contribution in [-0.4, -0.2) is 19.2 Å². The van der Waals surface area contributed by atoms with E-state index >= 15 is 0 Å². The van der Waals surface area contributed by atoms with E-state index < -0.39 is 0 Å². The van der Waals surface area contributed by atoms with E-state index in [0.29, 0.717) is 5.41 Å². The smallest absolute Gasteiger partial charge is 0.414 e. The van der Waals surface area contributed by atoms with Crippen LogP contribution in [0.25, 0.3) is 0 Å². The molecular formula is C18H27NO2. The normalized spacial score (nSPS) is 22.7. The van der Waals surface area contributed by atoms with Crippen LogP contribution in [-0.2, 0) is 4.74 Å². The molecule has 0 saturated heterocycles. The summed E-state index contributed by atoms with van der Waals surface area (Å²) >= 11 is 0. The van der Waals surface area contributed by atoms with Gasteiger partial charge in [-0.3, -0.25) is 4.90 Å². The van der Waals surface area contributed by atoms with Crippen LogP contribution in [0.4, 0.5) is 10.5 Å². The number of amides is 1. The number of carbonyl (C=O) groups is 1. The molecule has 0 N–H and O–H groups in total. The summed E-state index contributed by atoms with van der Waals surface area (Å²) in [4.78, 5) is 13.8. The Morgan fingerprint density at radius 1 is 1.10 bits per heavy atom. The molecule has 1 amide bonds. The van der Waals surface area contributed by atoms with Crippen molar-refractivity contribution in [2.24, 2.45) is 11.3 Å². The maximum Gasteiger partial charge on any atom is 0.414 e. The third-order valence-electron chi connectivity index (χ3n) is 4.58. The zero-order valence-corrected chi connectivity index (χ0v) is 13.6. The summed E-state index contributed by atoms with van der Waals surface area (Å²) in [5, 5.41) is 0. The molecule has 1 fully saturated rings. The molecule has 116 valence electrons. The molecule has 21 heavy (non-hydrogen) atoms. The molecule has 0 aromatic heterocycles. The maximum atomic E-state index is 12.2. The Morgan fingerprint density at radius 2 is 1.67 bits per heavy atom. The Labute approximate surface area is 128 Å². The van der Waals surface area contributed by atoms with E-state index in [2.05, 4.69) is 20.8 Å². The van der Waals surface area contributed by atoms with E-state index in [0.717, 1.165) is 37.3 Å². The van der Waals surface area contributed by atoms with Crippen LogP contribution < -0.4 is 4.90 Å². The molecule has 0 aliphatic heterocycles. The first-order valence-corrected chi connectivity index (χ1v) is 7.87. The summed E-state index contributed by atoms with van der Waals surface area (Å²) < 4.78 is 5.66. The summed E-state index contributed by atoms with van der Waals surface area (Å²) in [6.07, 6.45) is 4.09. The Morgan fingerprint density at radius 3 is 2.19 bits per heavy atom. The average Bonchev–Trinajstić information content (AvgIpc) is 2.47. The molecule has 0 heterocycles. The highest BCUT2D eigenvalue weighted by molar-refractivity contribution is 5.86. The monoisotopic (exact) mass is 289 g/mol. The first kappa shape index (κ1) is 15.9. The van der Waals surface area contributed by atoms with Gasteiger partial charge in [-0.2, -0.15) is 0 Å². The van der Waals surface area contributed by atoms with E-state index in [1.165, 1.54) is 0 Å². The lowest BCUT2D eigenvalue weighted by atomic mass is 9.72. The zero-order chi connectivity index (χ0) is 15.5. The molecule has 1 aliphatic rings. The van der Waals surface area contributed by atoms with Crippen molar-refractivity contribution in [2.75, 3.05) is 11.9 Å². The fourth-order valence-corrected chi connectivity index (χ4v) is 3.03.